The van der Waals surface area contributed by atoms with Gasteiger partial charge >= 0.3 is 0 Å². The van der Waals surface area contributed by atoms with Gasteiger partial charge in [0.1, 0.15) is 6.29 Å². The second kappa shape index (κ2) is 7.21. The van der Waals surface area contributed by atoms with Gasteiger partial charge in [-0.3, -0.25) is 0 Å². The van der Waals surface area contributed by atoms with Crippen LogP contribution in [0.1, 0.15) is 72.1 Å². The maximum absolute atomic E-state index is 11.4. The molecule has 3 fully saturated rings. The van der Waals surface area contributed by atoms with Crippen LogP contribution < -0.4 is 0 Å². The highest BCUT2D eigenvalue weighted by atomic mass is 16.3. The van der Waals surface area contributed by atoms with Crippen molar-refractivity contribution in [2.75, 3.05) is 0 Å². The van der Waals surface area contributed by atoms with Crippen LogP contribution in [0.5, 0.6) is 0 Å². The largest absolute Gasteiger partial charge is 0.393 e. The van der Waals surface area contributed by atoms with Crippen molar-refractivity contribution >= 4 is 6.29 Å². The molecule has 28 heavy (non-hydrogen) atoms. The maximum atomic E-state index is 11.4. The van der Waals surface area contributed by atoms with Gasteiger partial charge in [0, 0.05) is 6.42 Å². The SMILES string of the molecule is C[C@H](CCC=O)[C@H]1CC[C@H]2[C@@H]3[C@H](O)C=C4C[C@H](O)CC[C@]4(C)[C@H]3C[C@H](O)[C@]12C. The minimum absolute atomic E-state index is 0.00728. The topological polar surface area (TPSA) is 77.8 Å². The average Bonchev–Trinajstić information content (AvgIpc) is 3.01. The summed E-state index contributed by atoms with van der Waals surface area (Å²) in [5.41, 5.74) is 1.03. The third-order valence-electron chi connectivity index (χ3n) is 9.71. The molecule has 4 aliphatic carbocycles. The van der Waals surface area contributed by atoms with E-state index in [-0.39, 0.29) is 34.9 Å². The van der Waals surface area contributed by atoms with E-state index in [0.717, 1.165) is 44.8 Å². The summed E-state index contributed by atoms with van der Waals surface area (Å²) in [6, 6.07) is 0. The van der Waals surface area contributed by atoms with Crippen molar-refractivity contribution < 1.29 is 20.1 Å². The molecule has 4 rings (SSSR count). The molecule has 3 N–H and O–H groups in total. The summed E-state index contributed by atoms with van der Waals surface area (Å²) in [6.07, 6.45) is 8.74. The minimum atomic E-state index is -0.473. The van der Waals surface area contributed by atoms with Gasteiger partial charge in [-0.15, -0.1) is 0 Å². The molecule has 0 bridgehead atoms. The van der Waals surface area contributed by atoms with E-state index in [4.69, 9.17) is 0 Å². The lowest BCUT2D eigenvalue weighted by Crippen LogP contribution is -2.59. The standard InChI is InChI=1S/C24H38O4/c1-14(5-4-10-25)17-6-7-18-22-19(13-21(28)24(17,18)3)23(2)9-8-16(26)11-15(23)12-20(22)27/h10,12,14,16-22,26-28H,4-9,11,13H2,1-3H3/t14-,16-,17-,18+,19+,20-,21+,22+,23+,24-/m1/s1. The molecule has 3 saturated carbocycles. The Morgan fingerprint density at radius 1 is 1.18 bits per heavy atom. The second-order valence-corrected chi connectivity index (χ2v) is 10.8. The molecule has 0 radical (unpaired) electrons. The summed E-state index contributed by atoms with van der Waals surface area (Å²) >= 11 is 0. The van der Waals surface area contributed by atoms with Crippen LogP contribution in [0.25, 0.3) is 0 Å². The fourth-order valence-electron chi connectivity index (χ4n) is 8.10. The molecule has 0 aromatic carbocycles. The smallest absolute Gasteiger partial charge is 0.120 e. The van der Waals surface area contributed by atoms with Crippen LogP contribution in [0.15, 0.2) is 11.6 Å². The second-order valence-electron chi connectivity index (χ2n) is 10.8. The Balaban J connectivity index is 1.67. The first-order valence-electron chi connectivity index (χ1n) is 11.4. The number of aliphatic hydroxyl groups excluding tert-OH is 3. The van der Waals surface area contributed by atoms with E-state index >= 15 is 0 Å². The molecule has 4 nitrogen and oxygen atoms in total. The number of aldehydes is 1. The number of rotatable bonds is 4. The van der Waals surface area contributed by atoms with Crippen molar-refractivity contribution in [2.24, 2.45) is 40.4 Å². The van der Waals surface area contributed by atoms with Crippen LogP contribution >= 0.6 is 0 Å². The van der Waals surface area contributed by atoms with Crippen LogP contribution in [-0.4, -0.2) is 39.9 Å². The zero-order valence-electron chi connectivity index (χ0n) is 17.7. The van der Waals surface area contributed by atoms with Crippen LogP contribution in [0.2, 0.25) is 0 Å². The molecule has 4 aliphatic rings. The number of hydrogen-bond acceptors (Lipinski definition) is 4. The van der Waals surface area contributed by atoms with Gasteiger partial charge in [0.15, 0.2) is 0 Å². The lowest BCUT2D eigenvalue weighted by molar-refractivity contribution is -0.158. The molecule has 0 unspecified atom stereocenters. The number of hydrogen-bond donors (Lipinski definition) is 3. The quantitative estimate of drug-likeness (QED) is 0.507. The van der Waals surface area contributed by atoms with Gasteiger partial charge in [0.25, 0.3) is 0 Å². The predicted octanol–water partition coefficient (Wildman–Crippen LogP) is 3.48. The average molecular weight is 391 g/mol. The fourth-order valence-corrected chi connectivity index (χ4v) is 8.10. The Kier molecular flexibility index (Phi) is 5.29. The van der Waals surface area contributed by atoms with E-state index in [2.05, 4.69) is 26.8 Å². The monoisotopic (exact) mass is 390 g/mol. The Labute approximate surface area is 169 Å². The molecule has 0 aromatic rings. The molecular formula is C24H38O4. The van der Waals surface area contributed by atoms with E-state index in [1.54, 1.807) is 0 Å². The third-order valence-corrected chi connectivity index (χ3v) is 9.71. The number of fused-ring (bicyclic) bond motifs is 5. The number of carbonyl (C=O) groups is 1. The molecule has 4 heteroatoms. The first-order chi connectivity index (χ1) is 13.2. The molecular weight excluding hydrogens is 352 g/mol. The lowest BCUT2D eigenvalue weighted by Gasteiger charge is -2.61. The highest BCUT2D eigenvalue weighted by Crippen LogP contribution is 2.67. The van der Waals surface area contributed by atoms with Gasteiger partial charge in [0.2, 0.25) is 0 Å². The lowest BCUT2D eigenvalue weighted by atomic mass is 9.45. The molecule has 0 amide bonds. The molecule has 0 aliphatic heterocycles. The van der Waals surface area contributed by atoms with Gasteiger partial charge in [0.05, 0.1) is 18.3 Å². The van der Waals surface area contributed by atoms with E-state index in [1.165, 1.54) is 5.57 Å². The van der Waals surface area contributed by atoms with Gasteiger partial charge in [-0.25, -0.2) is 0 Å². The molecule has 0 heterocycles. The highest BCUT2D eigenvalue weighted by molar-refractivity contribution is 5.49. The normalized spacial score (nSPS) is 51.5. The Bertz CT molecular complexity index is 645. The molecule has 0 saturated heterocycles. The van der Waals surface area contributed by atoms with Gasteiger partial charge in [-0.1, -0.05) is 32.4 Å². The Morgan fingerprint density at radius 2 is 1.93 bits per heavy atom. The Morgan fingerprint density at radius 3 is 2.64 bits per heavy atom. The Hall–Kier alpha value is -0.710. The molecule has 0 aromatic heterocycles. The summed E-state index contributed by atoms with van der Waals surface area (Å²) in [4.78, 5) is 10.9. The number of aliphatic hydroxyl groups is 3. The van der Waals surface area contributed by atoms with Crippen molar-refractivity contribution in [1.29, 1.82) is 0 Å². The van der Waals surface area contributed by atoms with E-state index in [0.29, 0.717) is 30.6 Å². The van der Waals surface area contributed by atoms with Crippen molar-refractivity contribution in [3.05, 3.63) is 11.6 Å². The summed E-state index contributed by atoms with van der Waals surface area (Å²) < 4.78 is 0. The predicted molar refractivity (Wildman–Crippen MR) is 108 cm³/mol. The maximum Gasteiger partial charge on any atom is 0.120 e. The molecule has 0 spiro atoms. The van der Waals surface area contributed by atoms with Crippen molar-refractivity contribution in [2.45, 2.75) is 90.4 Å². The summed E-state index contributed by atoms with van der Waals surface area (Å²) in [7, 11) is 0. The molecule has 10 atom stereocenters. The van der Waals surface area contributed by atoms with Gasteiger partial charge in [-0.05, 0) is 85.4 Å². The fraction of sp³-hybridized carbons (Fsp3) is 0.875. The van der Waals surface area contributed by atoms with E-state index in [9.17, 15) is 20.1 Å². The van der Waals surface area contributed by atoms with Crippen LogP contribution in [-0.2, 0) is 4.79 Å². The number of carbonyl (C=O) groups excluding carboxylic acids is 1. The minimum Gasteiger partial charge on any atom is -0.393 e. The van der Waals surface area contributed by atoms with Crippen LogP contribution in [0.4, 0.5) is 0 Å². The third kappa shape index (κ3) is 2.86. The van der Waals surface area contributed by atoms with E-state index < -0.39 is 6.10 Å². The summed E-state index contributed by atoms with van der Waals surface area (Å²) in [5, 5.41) is 32.8. The van der Waals surface area contributed by atoms with Crippen molar-refractivity contribution in [3.8, 4) is 0 Å². The zero-order valence-corrected chi connectivity index (χ0v) is 17.7. The van der Waals surface area contributed by atoms with Crippen molar-refractivity contribution in [1.82, 2.24) is 0 Å². The summed E-state index contributed by atoms with van der Waals surface area (Å²) in [6.45, 7) is 6.80. The van der Waals surface area contributed by atoms with Gasteiger partial charge < -0.3 is 20.1 Å². The van der Waals surface area contributed by atoms with E-state index in [1.807, 2.05) is 0 Å². The first-order valence-corrected chi connectivity index (χ1v) is 11.4. The van der Waals surface area contributed by atoms with Gasteiger partial charge in [-0.2, -0.15) is 0 Å². The van der Waals surface area contributed by atoms with Crippen LogP contribution in [0, 0.1) is 40.4 Å². The summed E-state index contributed by atoms with van der Waals surface area (Å²) in [5.74, 6) is 1.62. The van der Waals surface area contributed by atoms with Crippen LogP contribution in [0.3, 0.4) is 0 Å². The van der Waals surface area contributed by atoms with Crippen molar-refractivity contribution in [3.63, 3.8) is 0 Å². The highest BCUT2D eigenvalue weighted by Gasteiger charge is 2.64. The zero-order chi connectivity index (χ0) is 20.3. The first kappa shape index (κ1) is 20.6. The molecule has 158 valence electrons.